The average molecular weight is 150 g/mol. The number of imidazole rings is 1. The maximum Gasteiger partial charge on any atom is 0.180 e. The van der Waals surface area contributed by atoms with E-state index in [1.807, 2.05) is 0 Å². The van der Waals surface area contributed by atoms with Crippen molar-refractivity contribution < 1.29 is 5.11 Å². The SMILES string of the molecule is OCc1ncc2[nH]cnc2n1. The number of hydrogen-bond acceptors (Lipinski definition) is 4. The maximum atomic E-state index is 8.67. The van der Waals surface area contributed by atoms with Gasteiger partial charge in [0.25, 0.3) is 0 Å². The van der Waals surface area contributed by atoms with Gasteiger partial charge in [0.05, 0.1) is 12.5 Å². The number of aliphatic hydroxyl groups excluding tert-OH is 1. The second kappa shape index (κ2) is 2.28. The van der Waals surface area contributed by atoms with E-state index in [1.54, 1.807) is 12.5 Å². The molecule has 0 radical (unpaired) electrons. The lowest BCUT2D eigenvalue weighted by atomic mass is 10.5. The van der Waals surface area contributed by atoms with Gasteiger partial charge in [-0.05, 0) is 0 Å². The van der Waals surface area contributed by atoms with Crippen LogP contribution in [0.25, 0.3) is 11.2 Å². The van der Waals surface area contributed by atoms with Gasteiger partial charge in [0.1, 0.15) is 12.1 Å². The Labute approximate surface area is 62.1 Å². The quantitative estimate of drug-likeness (QED) is 0.592. The van der Waals surface area contributed by atoms with Gasteiger partial charge >= 0.3 is 0 Å². The molecule has 11 heavy (non-hydrogen) atoms. The topological polar surface area (TPSA) is 74.7 Å². The van der Waals surface area contributed by atoms with E-state index in [1.165, 1.54) is 0 Å². The summed E-state index contributed by atoms with van der Waals surface area (Å²) < 4.78 is 0. The molecule has 0 saturated carbocycles. The highest BCUT2D eigenvalue weighted by molar-refractivity contribution is 5.67. The number of hydrogen-bond donors (Lipinski definition) is 2. The van der Waals surface area contributed by atoms with Crippen molar-refractivity contribution in [1.82, 2.24) is 19.9 Å². The molecule has 0 aromatic carbocycles. The lowest BCUT2D eigenvalue weighted by molar-refractivity contribution is 0.272. The normalized spacial score (nSPS) is 10.6. The van der Waals surface area contributed by atoms with E-state index >= 15 is 0 Å². The minimum Gasteiger partial charge on any atom is -0.388 e. The number of rotatable bonds is 1. The molecule has 5 heteroatoms. The van der Waals surface area contributed by atoms with Gasteiger partial charge < -0.3 is 10.1 Å². The molecule has 2 N–H and O–H groups in total. The lowest BCUT2D eigenvalue weighted by Crippen LogP contribution is -1.93. The Balaban J connectivity index is 2.67. The van der Waals surface area contributed by atoms with Crippen LogP contribution in [0.4, 0.5) is 0 Å². The van der Waals surface area contributed by atoms with Gasteiger partial charge in [-0.15, -0.1) is 0 Å². The van der Waals surface area contributed by atoms with Gasteiger partial charge in [0.15, 0.2) is 11.5 Å². The van der Waals surface area contributed by atoms with E-state index in [-0.39, 0.29) is 6.61 Å². The average Bonchev–Trinajstić information content (AvgIpc) is 2.50. The van der Waals surface area contributed by atoms with E-state index in [0.717, 1.165) is 5.52 Å². The first-order valence-electron chi connectivity index (χ1n) is 3.16. The van der Waals surface area contributed by atoms with Crippen molar-refractivity contribution in [3.05, 3.63) is 18.3 Å². The van der Waals surface area contributed by atoms with Crippen LogP contribution in [0, 0.1) is 0 Å². The van der Waals surface area contributed by atoms with Crippen LogP contribution in [0.15, 0.2) is 12.5 Å². The van der Waals surface area contributed by atoms with Gasteiger partial charge in [-0.2, -0.15) is 0 Å². The molecule has 0 amide bonds. The summed E-state index contributed by atoms with van der Waals surface area (Å²) in [6.07, 6.45) is 3.14. The van der Waals surface area contributed by atoms with Crippen molar-refractivity contribution in [1.29, 1.82) is 0 Å². The Kier molecular flexibility index (Phi) is 1.29. The standard InChI is InChI=1S/C6H6N4O/c11-2-5-7-1-4-6(10-5)9-3-8-4/h1,3,11H,2H2,(H,7,8,9,10). The summed E-state index contributed by atoms with van der Waals surface area (Å²) >= 11 is 0. The summed E-state index contributed by atoms with van der Waals surface area (Å²) in [5.41, 5.74) is 1.37. The summed E-state index contributed by atoms with van der Waals surface area (Å²) in [5, 5.41) is 8.67. The number of aromatic nitrogens is 4. The number of nitrogens with zero attached hydrogens (tertiary/aromatic N) is 3. The molecule has 5 nitrogen and oxygen atoms in total. The Morgan fingerprint density at radius 3 is 3.18 bits per heavy atom. The van der Waals surface area contributed by atoms with Gasteiger partial charge in [0, 0.05) is 0 Å². The van der Waals surface area contributed by atoms with Crippen molar-refractivity contribution in [2.75, 3.05) is 0 Å². The van der Waals surface area contributed by atoms with Crippen molar-refractivity contribution in [2.24, 2.45) is 0 Å². The predicted octanol–water partition coefficient (Wildman–Crippen LogP) is -0.155. The first-order valence-corrected chi connectivity index (χ1v) is 3.16. The second-order valence-electron chi connectivity index (χ2n) is 2.08. The van der Waals surface area contributed by atoms with Gasteiger partial charge in [-0.3, -0.25) is 0 Å². The van der Waals surface area contributed by atoms with E-state index < -0.39 is 0 Å². The minimum absolute atomic E-state index is 0.150. The van der Waals surface area contributed by atoms with Crippen molar-refractivity contribution in [3.63, 3.8) is 0 Å². The van der Waals surface area contributed by atoms with Crippen molar-refractivity contribution in [3.8, 4) is 0 Å². The Morgan fingerprint density at radius 1 is 1.45 bits per heavy atom. The molecule has 0 spiro atoms. The summed E-state index contributed by atoms with van der Waals surface area (Å²) in [6, 6.07) is 0. The summed E-state index contributed by atoms with van der Waals surface area (Å²) in [4.78, 5) is 14.6. The van der Waals surface area contributed by atoms with E-state index in [2.05, 4.69) is 19.9 Å². The van der Waals surface area contributed by atoms with E-state index in [9.17, 15) is 0 Å². The van der Waals surface area contributed by atoms with Gasteiger partial charge in [0.2, 0.25) is 0 Å². The first-order chi connectivity index (χ1) is 5.40. The van der Waals surface area contributed by atoms with Crippen molar-refractivity contribution >= 4 is 11.2 Å². The third-order valence-electron chi connectivity index (χ3n) is 1.37. The highest BCUT2D eigenvalue weighted by atomic mass is 16.3. The number of aliphatic hydroxyl groups is 1. The molecular weight excluding hydrogens is 144 g/mol. The van der Waals surface area contributed by atoms with Crippen LogP contribution in [0.5, 0.6) is 0 Å². The van der Waals surface area contributed by atoms with E-state index in [0.29, 0.717) is 11.5 Å². The largest absolute Gasteiger partial charge is 0.388 e. The summed E-state index contributed by atoms with van der Waals surface area (Å²) in [7, 11) is 0. The van der Waals surface area contributed by atoms with Gasteiger partial charge in [-0.25, -0.2) is 15.0 Å². The van der Waals surface area contributed by atoms with Crippen molar-refractivity contribution in [2.45, 2.75) is 6.61 Å². The molecule has 0 unspecified atom stereocenters. The molecule has 0 bridgehead atoms. The summed E-state index contributed by atoms with van der Waals surface area (Å²) in [5.74, 6) is 0.393. The molecule has 2 heterocycles. The van der Waals surface area contributed by atoms with Crippen LogP contribution in [0.2, 0.25) is 0 Å². The van der Waals surface area contributed by atoms with Crippen LogP contribution in [0.1, 0.15) is 5.82 Å². The number of nitrogens with one attached hydrogen (secondary N) is 1. The molecule has 0 fully saturated rings. The lowest BCUT2D eigenvalue weighted by Gasteiger charge is -1.91. The first kappa shape index (κ1) is 6.23. The van der Waals surface area contributed by atoms with Crippen LogP contribution in [0.3, 0.4) is 0 Å². The molecule has 0 aliphatic rings. The Hall–Kier alpha value is -1.49. The van der Waals surface area contributed by atoms with Crippen LogP contribution >= 0.6 is 0 Å². The van der Waals surface area contributed by atoms with Gasteiger partial charge in [-0.1, -0.05) is 0 Å². The molecule has 0 aliphatic carbocycles. The fourth-order valence-corrected chi connectivity index (χ4v) is 0.848. The maximum absolute atomic E-state index is 8.67. The highest BCUT2D eigenvalue weighted by Crippen LogP contribution is 2.03. The van der Waals surface area contributed by atoms with E-state index in [4.69, 9.17) is 5.11 Å². The zero-order valence-electron chi connectivity index (χ0n) is 5.65. The van der Waals surface area contributed by atoms with Crippen LogP contribution in [-0.2, 0) is 6.61 Å². The molecule has 0 atom stereocenters. The molecule has 0 saturated heterocycles. The third-order valence-corrected chi connectivity index (χ3v) is 1.37. The zero-order valence-corrected chi connectivity index (χ0v) is 5.65. The molecule has 56 valence electrons. The number of H-pyrrole nitrogens is 1. The summed E-state index contributed by atoms with van der Waals surface area (Å²) in [6.45, 7) is -0.150. The van der Waals surface area contributed by atoms with Crippen LogP contribution < -0.4 is 0 Å². The Bertz CT molecular complexity index is 369. The smallest absolute Gasteiger partial charge is 0.180 e. The molecule has 2 aromatic rings. The highest BCUT2D eigenvalue weighted by Gasteiger charge is 1.98. The monoisotopic (exact) mass is 150 g/mol. The third kappa shape index (κ3) is 0.947. The molecular formula is C6H6N4O. The zero-order chi connectivity index (χ0) is 7.68. The fourth-order valence-electron chi connectivity index (χ4n) is 0.848. The molecule has 0 aliphatic heterocycles. The fraction of sp³-hybridized carbons (Fsp3) is 0.167. The molecule has 2 rings (SSSR count). The predicted molar refractivity (Wildman–Crippen MR) is 37.6 cm³/mol. The molecule has 2 aromatic heterocycles. The van der Waals surface area contributed by atoms with Crippen LogP contribution in [-0.4, -0.2) is 25.0 Å². The number of aromatic amines is 1. The second-order valence-corrected chi connectivity index (χ2v) is 2.08. The Morgan fingerprint density at radius 2 is 2.36 bits per heavy atom. The number of fused-ring (bicyclic) bond motifs is 1. The minimum atomic E-state index is -0.150.